The van der Waals surface area contributed by atoms with E-state index in [1.165, 1.54) is 0 Å². The third kappa shape index (κ3) is 5.17. The van der Waals surface area contributed by atoms with Gasteiger partial charge in [0, 0.05) is 0 Å². The zero-order valence-electron chi connectivity index (χ0n) is 10.9. The highest BCUT2D eigenvalue weighted by molar-refractivity contribution is 5.36. The van der Waals surface area contributed by atoms with Crippen LogP contribution in [0, 0.1) is 6.92 Å². The average molecular weight is 224 g/mol. The lowest BCUT2D eigenvalue weighted by molar-refractivity contribution is 0.278. The average Bonchev–Trinajstić information content (AvgIpc) is 2.34. The van der Waals surface area contributed by atoms with E-state index < -0.39 is 0 Å². The lowest BCUT2D eigenvalue weighted by Crippen LogP contribution is -1.99. The van der Waals surface area contributed by atoms with Gasteiger partial charge in [0.05, 0.1) is 13.2 Å². The van der Waals surface area contributed by atoms with E-state index in [0.717, 1.165) is 36.3 Å². The predicted octanol–water partition coefficient (Wildman–Crippen LogP) is 3.69. The Kier molecular flexibility index (Phi) is 8.64. The van der Waals surface area contributed by atoms with Crippen molar-refractivity contribution in [1.29, 1.82) is 0 Å². The smallest absolute Gasteiger partial charge is 0.122 e. The molecule has 0 aliphatic rings. The molecule has 2 heteroatoms. The van der Waals surface area contributed by atoms with Crippen LogP contribution in [0.25, 0.3) is 0 Å². The molecule has 0 amide bonds. The Morgan fingerprint density at radius 3 is 2.50 bits per heavy atom. The van der Waals surface area contributed by atoms with Crippen LogP contribution in [0.2, 0.25) is 0 Å². The molecule has 1 rings (SSSR count). The summed E-state index contributed by atoms with van der Waals surface area (Å²) >= 11 is 0. The number of unbranched alkanes of at least 4 members (excludes halogenated alkanes) is 1. The largest absolute Gasteiger partial charge is 0.493 e. The van der Waals surface area contributed by atoms with Gasteiger partial charge in [-0.3, -0.25) is 0 Å². The Morgan fingerprint density at radius 1 is 1.25 bits per heavy atom. The highest BCUT2D eigenvalue weighted by atomic mass is 16.5. The van der Waals surface area contributed by atoms with E-state index in [1.54, 1.807) is 0 Å². The summed E-state index contributed by atoms with van der Waals surface area (Å²) in [5, 5.41) is 8.97. The van der Waals surface area contributed by atoms with Crippen LogP contribution < -0.4 is 4.74 Å². The van der Waals surface area contributed by atoms with Gasteiger partial charge in [-0.2, -0.15) is 0 Å². The van der Waals surface area contributed by atoms with Gasteiger partial charge in [0.25, 0.3) is 0 Å². The van der Waals surface area contributed by atoms with E-state index in [-0.39, 0.29) is 6.61 Å². The Labute approximate surface area is 99.3 Å². The maximum atomic E-state index is 8.97. The molecule has 0 aliphatic heterocycles. The van der Waals surface area contributed by atoms with E-state index in [0.29, 0.717) is 0 Å². The van der Waals surface area contributed by atoms with Crippen LogP contribution in [0.15, 0.2) is 18.2 Å². The maximum Gasteiger partial charge on any atom is 0.122 e. The molecule has 0 saturated heterocycles. The number of aliphatic hydroxyl groups excluding tert-OH is 1. The van der Waals surface area contributed by atoms with Crippen LogP contribution in [0.5, 0.6) is 5.75 Å². The molecule has 0 atom stereocenters. The van der Waals surface area contributed by atoms with Crippen molar-refractivity contribution in [3.63, 3.8) is 0 Å². The molecule has 0 radical (unpaired) electrons. The molecule has 0 bridgehead atoms. The molecule has 0 fully saturated rings. The summed E-state index contributed by atoms with van der Waals surface area (Å²) in [7, 11) is 0. The fourth-order valence-electron chi connectivity index (χ4n) is 1.22. The zero-order chi connectivity index (χ0) is 12.4. The molecular formula is C14H24O2. The van der Waals surface area contributed by atoms with Crippen LogP contribution in [0.4, 0.5) is 0 Å². The standard InChI is InChI=1S/C12H18O2.C2H6/c1-3-4-7-14-12-8-11(9-13)6-5-10(12)2;1-2/h5-6,8,13H,3-4,7,9H2,1-2H3;1-2H3. The number of hydrogen-bond donors (Lipinski definition) is 1. The van der Waals surface area contributed by atoms with Gasteiger partial charge in [-0.05, 0) is 30.5 Å². The number of aliphatic hydroxyl groups is 1. The SMILES string of the molecule is CC.CCCCOc1cc(CO)ccc1C. The van der Waals surface area contributed by atoms with Gasteiger partial charge >= 0.3 is 0 Å². The summed E-state index contributed by atoms with van der Waals surface area (Å²) in [5.74, 6) is 0.894. The van der Waals surface area contributed by atoms with Crippen LogP contribution >= 0.6 is 0 Å². The topological polar surface area (TPSA) is 29.5 Å². The third-order valence-electron chi connectivity index (χ3n) is 2.19. The lowest BCUT2D eigenvalue weighted by atomic mass is 10.1. The monoisotopic (exact) mass is 224 g/mol. The molecule has 0 aromatic heterocycles. The second-order valence-electron chi connectivity index (χ2n) is 3.46. The summed E-state index contributed by atoms with van der Waals surface area (Å²) in [4.78, 5) is 0. The second kappa shape index (κ2) is 9.22. The van der Waals surface area contributed by atoms with E-state index in [2.05, 4.69) is 6.92 Å². The molecule has 0 spiro atoms. The van der Waals surface area contributed by atoms with Crippen LogP contribution in [-0.4, -0.2) is 11.7 Å². The summed E-state index contributed by atoms with van der Waals surface area (Å²) in [6, 6.07) is 5.81. The molecule has 0 aliphatic carbocycles. The van der Waals surface area contributed by atoms with Gasteiger partial charge in [-0.25, -0.2) is 0 Å². The minimum Gasteiger partial charge on any atom is -0.493 e. The first-order valence-corrected chi connectivity index (χ1v) is 6.11. The van der Waals surface area contributed by atoms with Gasteiger partial charge in [0.15, 0.2) is 0 Å². The number of ether oxygens (including phenoxy) is 1. The minimum absolute atomic E-state index is 0.0738. The first kappa shape index (κ1) is 15.0. The molecular weight excluding hydrogens is 200 g/mol. The molecule has 1 N–H and O–H groups in total. The molecule has 1 aromatic carbocycles. The quantitative estimate of drug-likeness (QED) is 0.773. The Bertz CT molecular complexity index is 282. The van der Waals surface area contributed by atoms with Gasteiger partial charge in [0.2, 0.25) is 0 Å². The van der Waals surface area contributed by atoms with E-state index >= 15 is 0 Å². The zero-order valence-corrected chi connectivity index (χ0v) is 10.9. The van der Waals surface area contributed by atoms with Crippen LogP contribution in [0.1, 0.15) is 44.7 Å². The van der Waals surface area contributed by atoms with Crippen molar-refractivity contribution in [1.82, 2.24) is 0 Å². The van der Waals surface area contributed by atoms with Gasteiger partial charge in [-0.1, -0.05) is 39.3 Å². The molecule has 0 heterocycles. The fourth-order valence-corrected chi connectivity index (χ4v) is 1.22. The fraction of sp³-hybridized carbons (Fsp3) is 0.571. The summed E-state index contributed by atoms with van der Waals surface area (Å²) in [5.41, 5.74) is 2.03. The summed E-state index contributed by atoms with van der Waals surface area (Å²) in [6.07, 6.45) is 2.21. The number of hydrogen-bond acceptors (Lipinski definition) is 2. The summed E-state index contributed by atoms with van der Waals surface area (Å²) in [6.45, 7) is 8.99. The van der Waals surface area contributed by atoms with Crippen molar-refractivity contribution >= 4 is 0 Å². The number of rotatable bonds is 5. The third-order valence-corrected chi connectivity index (χ3v) is 2.19. The van der Waals surface area contributed by atoms with Crippen LogP contribution in [0.3, 0.4) is 0 Å². The molecule has 0 saturated carbocycles. The van der Waals surface area contributed by atoms with Crippen molar-refractivity contribution in [3.05, 3.63) is 29.3 Å². The summed E-state index contributed by atoms with van der Waals surface area (Å²) < 4.78 is 5.61. The highest BCUT2D eigenvalue weighted by Crippen LogP contribution is 2.19. The Morgan fingerprint density at radius 2 is 1.94 bits per heavy atom. The van der Waals surface area contributed by atoms with E-state index in [1.807, 2.05) is 39.0 Å². The van der Waals surface area contributed by atoms with Gasteiger partial charge in [0.1, 0.15) is 5.75 Å². The van der Waals surface area contributed by atoms with Gasteiger partial charge in [-0.15, -0.1) is 0 Å². The molecule has 2 nitrogen and oxygen atoms in total. The van der Waals surface area contributed by atoms with Crippen molar-refractivity contribution in [2.45, 2.75) is 47.1 Å². The van der Waals surface area contributed by atoms with Crippen molar-refractivity contribution in [2.24, 2.45) is 0 Å². The second-order valence-corrected chi connectivity index (χ2v) is 3.46. The first-order valence-electron chi connectivity index (χ1n) is 6.11. The van der Waals surface area contributed by atoms with Gasteiger partial charge < -0.3 is 9.84 Å². The highest BCUT2D eigenvalue weighted by Gasteiger charge is 2.00. The van der Waals surface area contributed by atoms with Crippen molar-refractivity contribution in [3.8, 4) is 5.75 Å². The molecule has 0 unspecified atom stereocenters. The predicted molar refractivity (Wildman–Crippen MR) is 68.9 cm³/mol. The normalized spacial score (nSPS) is 9.31. The molecule has 92 valence electrons. The molecule has 1 aromatic rings. The van der Waals surface area contributed by atoms with Crippen molar-refractivity contribution < 1.29 is 9.84 Å². The minimum atomic E-state index is 0.0738. The first-order chi connectivity index (χ1) is 7.77. The van der Waals surface area contributed by atoms with E-state index in [9.17, 15) is 0 Å². The number of benzene rings is 1. The van der Waals surface area contributed by atoms with E-state index in [4.69, 9.17) is 9.84 Å². The Balaban J connectivity index is 0.00000106. The van der Waals surface area contributed by atoms with Crippen molar-refractivity contribution in [2.75, 3.05) is 6.61 Å². The molecule has 16 heavy (non-hydrogen) atoms. The lowest BCUT2D eigenvalue weighted by Gasteiger charge is -2.09. The maximum absolute atomic E-state index is 8.97. The van der Waals surface area contributed by atoms with Crippen LogP contribution in [-0.2, 0) is 6.61 Å². The Hall–Kier alpha value is -1.02. The number of aryl methyl sites for hydroxylation is 1.